The Balaban J connectivity index is 1.48. The van der Waals surface area contributed by atoms with Crippen LogP contribution >= 0.6 is 0 Å². The summed E-state index contributed by atoms with van der Waals surface area (Å²) in [7, 11) is 0. The number of rotatable bonds is 9. The van der Waals surface area contributed by atoms with Crippen molar-refractivity contribution in [3.8, 4) is 17.2 Å². The molecule has 0 unspecified atom stereocenters. The van der Waals surface area contributed by atoms with E-state index in [0.29, 0.717) is 34.2 Å². The van der Waals surface area contributed by atoms with E-state index < -0.39 is 11.4 Å². The van der Waals surface area contributed by atoms with Crippen LogP contribution in [0.25, 0.3) is 16.8 Å². The van der Waals surface area contributed by atoms with Crippen LogP contribution in [0, 0.1) is 17.1 Å². The van der Waals surface area contributed by atoms with Crippen molar-refractivity contribution in [1.82, 2.24) is 14.2 Å². The van der Waals surface area contributed by atoms with E-state index in [1.54, 1.807) is 50.4 Å². The second-order valence-electron chi connectivity index (χ2n) is 11.7. The highest BCUT2D eigenvalue weighted by molar-refractivity contribution is 5.71. The van der Waals surface area contributed by atoms with Crippen molar-refractivity contribution in [2.24, 2.45) is 0 Å². The Bertz CT molecular complexity index is 1640. The zero-order chi connectivity index (χ0) is 29.1. The van der Waals surface area contributed by atoms with Gasteiger partial charge in [0.25, 0.3) is 5.56 Å². The minimum absolute atomic E-state index is 0.000270. The number of hydrogen-bond donors (Lipinski definition) is 1. The maximum Gasteiger partial charge on any atom is 0.257 e. The Morgan fingerprint density at radius 2 is 1.88 bits per heavy atom. The van der Waals surface area contributed by atoms with Crippen LogP contribution in [0.5, 0.6) is 0 Å². The molecule has 4 aromatic rings. The first kappa shape index (κ1) is 28.7. The summed E-state index contributed by atoms with van der Waals surface area (Å²) in [6.07, 6.45) is 6.76. The van der Waals surface area contributed by atoms with Crippen molar-refractivity contribution in [3.63, 3.8) is 0 Å². The number of aromatic nitrogens is 3. The molecule has 2 aromatic heterocycles. The van der Waals surface area contributed by atoms with Gasteiger partial charge in [-0.25, -0.2) is 8.91 Å². The lowest BCUT2D eigenvalue weighted by molar-refractivity contribution is -0.0654. The topological polar surface area (TPSA) is 92.5 Å². The third-order valence-electron chi connectivity index (χ3n) is 7.87. The quantitative estimate of drug-likeness (QED) is 0.273. The van der Waals surface area contributed by atoms with Gasteiger partial charge in [0.05, 0.1) is 41.8 Å². The van der Waals surface area contributed by atoms with Gasteiger partial charge in [-0.15, -0.1) is 0 Å². The molecule has 5 rings (SSSR count). The zero-order valence-corrected chi connectivity index (χ0v) is 23.9. The summed E-state index contributed by atoms with van der Waals surface area (Å²) in [4.78, 5) is 14.2. The summed E-state index contributed by atoms with van der Waals surface area (Å²) in [6, 6.07) is 16.0. The van der Waals surface area contributed by atoms with Gasteiger partial charge in [-0.3, -0.25) is 9.36 Å². The lowest BCUT2D eigenvalue weighted by Gasteiger charge is -2.32. The lowest BCUT2D eigenvalue weighted by atomic mass is 9.92. The van der Waals surface area contributed by atoms with Crippen LogP contribution in [0.4, 0.5) is 4.39 Å². The summed E-state index contributed by atoms with van der Waals surface area (Å²) in [6.45, 7) is 5.82. The van der Waals surface area contributed by atoms with Gasteiger partial charge in [0.15, 0.2) is 0 Å². The molecule has 0 saturated heterocycles. The largest absolute Gasteiger partial charge is 0.388 e. The number of benzene rings is 2. The molecule has 0 atom stereocenters. The summed E-state index contributed by atoms with van der Waals surface area (Å²) in [5.41, 5.74) is 3.35. The van der Waals surface area contributed by atoms with E-state index in [9.17, 15) is 15.2 Å². The average Bonchev–Trinajstić information content (AvgIpc) is 3.43. The minimum atomic E-state index is -0.877. The summed E-state index contributed by atoms with van der Waals surface area (Å²) in [5.74, 6) is -0.424. The lowest BCUT2D eigenvalue weighted by Crippen LogP contribution is -2.36. The van der Waals surface area contributed by atoms with Gasteiger partial charge in [0.2, 0.25) is 0 Å². The van der Waals surface area contributed by atoms with Crippen molar-refractivity contribution in [2.45, 2.75) is 83.5 Å². The second-order valence-corrected chi connectivity index (χ2v) is 11.7. The number of aryl methyl sites for hydroxylation is 1. The van der Waals surface area contributed by atoms with Crippen LogP contribution in [0.15, 0.2) is 59.5 Å². The molecular formula is C33H37FN4O3. The zero-order valence-electron chi connectivity index (χ0n) is 23.9. The highest BCUT2D eigenvalue weighted by Crippen LogP contribution is 2.32. The third kappa shape index (κ3) is 6.12. The third-order valence-corrected chi connectivity index (χ3v) is 7.87. The fourth-order valence-electron chi connectivity index (χ4n) is 5.91. The Labute approximate surface area is 239 Å². The molecule has 1 saturated carbocycles. The van der Waals surface area contributed by atoms with Crippen LogP contribution in [-0.4, -0.2) is 37.6 Å². The molecule has 0 radical (unpaired) electrons. The van der Waals surface area contributed by atoms with Crippen molar-refractivity contribution >= 4 is 5.65 Å². The molecular weight excluding hydrogens is 519 g/mol. The van der Waals surface area contributed by atoms with Gasteiger partial charge in [-0.1, -0.05) is 43.7 Å². The number of fused-ring (bicyclic) bond motifs is 1. The standard InChI is InChI=1S/C33H37FN4O3/c1-4-7-30-28(18-22-10-15-27(29(34)19-22)26-9-6-5-8-23(26)20-35)32(39)37(31-16-17-36-38(30)31)24-11-13-25(14-12-24)41-21-33(2,3)40/h5-6,8-10,15-17,19,24-25,40H,4,7,11-14,18,21H2,1-3H3/t24-,25-. The number of nitrogens with zero attached hydrogens (tertiary/aromatic N) is 4. The first-order valence-electron chi connectivity index (χ1n) is 14.4. The van der Waals surface area contributed by atoms with Crippen molar-refractivity contribution in [2.75, 3.05) is 6.61 Å². The van der Waals surface area contributed by atoms with E-state index in [1.165, 1.54) is 6.07 Å². The molecule has 0 aliphatic heterocycles. The molecule has 0 spiro atoms. The van der Waals surface area contributed by atoms with Crippen LogP contribution < -0.4 is 5.56 Å². The van der Waals surface area contributed by atoms with Gasteiger partial charge in [-0.2, -0.15) is 10.4 Å². The number of aliphatic hydroxyl groups is 1. The minimum Gasteiger partial charge on any atom is -0.388 e. The number of halogens is 1. The van der Waals surface area contributed by atoms with E-state index in [0.717, 1.165) is 43.4 Å². The maximum atomic E-state index is 15.4. The molecule has 1 fully saturated rings. The van der Waals surface area contributed by atoms with Crippen LogP contribution in [0.2, 0.25) is 0 Å². The normalized spacial score (nSPS) is 17.6. The molecule has 1 aliphatic rings. The summed E-state index contributed by atoms with van der Waals surface area (Å²) in [5, 5.41) is 24.1. The molecule has 0 amide bonds. The first-order chi connectivity index (χ1) is 19.7. The number of ether oxygens (including phenoxy) is 1. The molecule has 41 heavy (non-hydrogen) atoms. The molecule has 2 aromatic carbocycles. The monoisotopic (exact) mass is 556 g/mol. The van der Waals surface area contributed by atoms with Gasteiger partial charge >= 0.3 is 0 Å². The molecule has 1 N–H and O–H groups in total. The van der Waals surface area contributed by atoms with E-state index in [4.69, 9.17) is 4.74 Å². The van der Waals surface area contributed by atoms with Crippen LogP contribution in [0.3, 0.4) is 0 Å². The fraction of sp³-hybridized carbons (Fsp3) is 0.424. The second kappa shape index (κ2) is 12.0. The van der Waals surface area contributed by atoms with E-state index in [1.807, 2.05) is 21.2 Å². The van der Waals surface area contributed by atoms with Crippen molar-refractivity contribution < 1.29 is 14.2 Å². The van der Waals surface area contributed by atoms with Crippen molar-refractivity contribution in [1.29, 1.82) is 5.26 Å². The fourth-order valence-corrected chi connectivity index (χ4v) is 5.91. The van der Waals surface area contributed by atoms with E-state index in [2.05, 4.69) is 18.1 Å². The SMILES string of the molecule is CCCc1c(Cc2ccc(-c3ccccc3C#N)c(F)c2)c(=O)n([C@H]2CC[C@H](OCC(C)(C)O)CC2)c2ccnn12. The highest BCUT2D eigenvalue weighted by atomic mass is 19.1. The van der Waals surface area contributed by atoms with Gasteiger partial charge in [-0.05, 0) is 63.6 Å². The smallest absolute Gasteiger partial charge is 0.257 e. The Hall–Kier alpha value is -3.80. The van der Waals surface area contributed by atoms with Gasteiger partial charge in [0, 0.05) is 35.2 Å². The van der Waals surface area contributed by atoms with Crippen molar-refractivity contribution in [3.05, 3.63) is 93.3 Å². The number of hydrogen-bond acceptors (Lipinski definition) is 5. The predicted octanol–water partition coefficient (Wildman–Crippen LogP) is 5.99. The molecule has 214 valence electrons. The van der Waals surface area contributed by atoms with Gasteiger partial charge in [0.1, 0.15) is 11.5 Å². The predicted molar refractivity (Wildman–Crippen MR) is 156 cm³/mol. The number of nitriles is 1. The van der Waals surface area contributed by atoms with Crippen LogP contribution in [0.1, 0.15) is 81.3 Å². The summed E-state index contributed by atoms with van der Waals surface area (Å²) >= 11 is 0. The van der Waals surface area contributed by atoms with Crippen LogP contribution in [-0.2, 0) is 17.6 Å². The molecule has 0 bridgehead atoms. The Morgan fingerprint density at radius 3 is 2.56 bits per heavy atom. The molecule has 2 heterocycles. The highest BCUT2D eigenvalue weighted by Gasteiger charge is 2.28. The van der Waals surface area contributed by atoms with E-state index in [-0.39, 0.29) is 30.7 Å². The Kier molecular flexibility index (Phi) is 8.39. The summed E-state index contributed by atoms with van der Waals surface area (Å²) < 4.78 is 25.1. The van der Waals surface area contributed by atoms with Gasteiger partial charge < -0.3 is 9.84 Å². The molecule has 7 nitrogen and oxygen atoms in total. The van der Waals surface area contributed by atoms with E-state index >= 15 is 4.39 Å². The molecule has 1 aliphatic carbocycles. The molecule has 8 heteroatoms. The Morgan fingerprint density at radius 1 is 1.12 bits per heavy atom. The maximum absolute atomic E-state index is 15.4. The first-order valence-corrected chi connectivity index (χ1v) is 14.4. The average molecular weight is 557 g/mol.